The number of nitrogens with two attached hydrogens (primary N) is 1. The number of carbonyl (C=O) groups is 1. The highest BCUT2D eigenvalue weighted by atomic mass is 32.2. The molecule has 0 radical (unpaired) electrons. The van der Waals surface area contributed by atoms with Gasteiger partial charge in [-0.25, -0.2) is 9.51 Å². The van der Waals surface area contributed by atoms with Crippen molar-refractivity contribution in [3.05, 3.63) is 99.5 Å². The molecule has 2 aromatic carbocycles. The van der Waals surface area contributed by atoms with E-state index in [1.54, 1.807) is 55.5 Å². The fourth-order valence-corrected chi connectivity index (χ4v) is 3.99. The predicted octanol–water partition coefficient (Wildman–Crippen LogP) is 1.23. The van der Waals surface area contributed by atoms with E-state index in [4.69, 9.17) is 11.1 Å². The summed E-state index contributed by atoms with van der Waals surface area (Å²) in [5.74, 6) is -0.427. The largest absolute Gasteiger partial charge is 0.384 e. The van der Waals surface area contributed by atoms with Crippen molar-refractivity contribution in [1.82, 2.24) is 9.99 Å². The van der Waals surface area contributed by atoms with Crippen LogP contribution in [0.1, 0.15) is 22.3 Å². The highest BCUT2D eigenvalue weighted by Gasteiger charge is 2.17. The molecule has 9 nitrogen and oxygen atoms in total. The first-order valence-electron chi connectivity index (χ1n) is 9.66. The van der Waals surface area contributed by atoms with Gasteiger partial charge in [-0.1, -0.05) is 42.5 Å². The lowest BCUT2D eigenvalue weighted by Crippen LogP contribution is -2.36. The van der Waals surface area contributed by atoms with Gasteiger partial charge in [0.1, 0.15) is 5.84 Å². The minimum Gasteiger partial charge on any atom is -0.384 e. The Morgan fingerprint density at radius 3 is 2.34 bits per heavy atom. The molecular weight excluding hydrogens is 430 g/mol. The normalized spacial score (nSPS) is 11.0. The minimum atomic E-state index is -3.96. The van der Waals surface area contributed by atoms with E-state index in [1.807, 2.05) is 0 Å². The Labute approximate surface area is 185 Å². The van der Waals surface area contributed by atoms with E-state index in [-0.39, 0.29) is 35.2 Å². The number of nitrogens with zero attached hydrogens (tertiary/aromatic N) is 1. The van der Waals surface area contributed by atoms with Gasteiger partial charge in [0, 0.05) is 23.9 Å². The lowest BCUT2D eigenvalue weighted by molar-refractivity contribution is -0.120. The average Bonchev–Trinajstić information content (AvgIpc) is 2.78. The quantitative estimate of drug-likeness (QED) is 0.299. The maximum absolute atomic E-state index is 12.8. The van der Waals surface area contributed by atoms with Crippen LogP contribution in [-0.4, -0.2) is 24.8 Å². The third-order valence-corrected chi connectivity index (χ3v) is 6.12. The lowest BCUT2D eigenvalue weighted by atomic mass is 10.1. The first kappa shape index (κ1) is 22.8. The van der Waals surface area contributed by atoms with Gasteiger partial charge in [-0.05, 0) is 36.2 Å². The second-order valence-corrected chi connectivity index (χ2v) is 8.79. The molecule has 10 heteroatoms. The Kier molecular flexibility index (Phi) is 6.74. The van der Waals surface area contributed by atoms with Crippen LogP contribution in [0.5, 0.6) is 0 Å². The van der Waals surface area contributed by atoms with Gasteiger partial charge in [-0.2, -0.15) is 8.42 Å². The molecule has 1 heterocycles. The van der Waals surface area contributed by atoms with Gasteiger partial charge in [0.25, 0.3) is 15.6 Å². The molecule has 0 unspecified atom stereocenters. The molecule has 3 rings (SSSR count). The van der Waals surface area contributed by atoms with Gasteiger partial charge in [-0.3, -0.25) is 15.0 Å². The summed E-state index contributed by atoms with van der Waals surface area (Å²) >= 11 is 0. The van der Waals surface area contributed by atoms with Gasteiger partial charge in [-0.15, -0.1) is 0 Å². The summed E-state index contributed by atoms with van der Waals surface area (Å²) in [6.07, 6.45) is 1.11. The molecule has 0 fully saturated rings. The molecule has 166 valence electrons. The van der Waals surface area contributed by atoms with Gasteiger partial charge < -0.3 is 11.1 Å². The Hall–Kier alpha value is -3.92. The molecular formula is C22H23N5O4S. The summed E-state index contributed by atoms with van der Waals surface area (Å²) in [6.45, 7) is 1.91. The molecule has 0 bridgehead atoms. The topological polar surface area (TPSA) is 147 Å². The van der Waals surface area contributed by atoms with Crippen LogP contribution in [0.4, 0.5) is 0 Å². The van der Waals surface area contributed by atoms with E-state index >= 15 is 0 Å². The summed E-state index contributed by atoms with van der Waals surface area (Å²) in [4.78, 5) is 27.5. The zero-order chi connectivity index (χ0) is 23.3. The van der Waals surface area contributed by atoms with Crippen LogP contribution < -0.4 is 21.4 Å². The Morgan fingerprint density at radius 2 is 1.72 bits per heavy atom. The lowest BCUT2D eigenvalue weighted by Gasteiger charge is -2.13. The van der Waals surface area contributed by atoms with E-state index < -0.39 is 15.6 Å². The maximum Gasteiger partial charge on any atom is 0.275 e. The first-order chi connectivity index (χ1) is 15.2. The van der Waals surface area contributed by atoms with Gasteiger partial charge >= 0.3 is 0 Å². The first-order valence-corrected chi connectivity index (χ1v) is 11.1. The van der Waals surface area contributed by atoms with Gasteiger partial charge in [0.15, 0.2) is 0 Å². The smallest absolute Gasteiger partial charge is 0.275 e. The van der Waals surface area contributed by atoms with Crippen LogP contribution in [0.25, 0.3) is 0 Å². The van der Waals surface area contributed by atoms with E-state index in [0.717, 1.165) is 10.2 Å². The molecule has 1 amide bonds. The number of nitrogens with one attached hydrogen (secondary N) is 3. The van der Waals surface area contributed by atoms with E-state index in [1.165, 1.54) is 18.3 Å². The number of hydrogen-bond donors (Lipinski definition) is 4. The van der Waals surface area contributed by atoms with Crippen LogP contribution in [-0.2, 0) is 27.8 Å². The summed E-state index contributed by atoms with van der Waals surface area (Å²) in [6, 6.07) is 16.1. The molecule has 0 aliphatic rings. The molecule has 32 heavy (non-hydrogen) atoms. The third-order valence-electron chi connectivity index (χ3n) is 4.79. The Morgan fingerprint density at radius 1 is 1.06 bits per heavy atom. The standard InChI is InChI=1S/C22H23N5O4S/c1-15-11-12-27(26-32(30,31)18-5-3-2-4-6-18)22(29)19(15)13-20(28)25-14-16-7-9-17(10-8-16)21(23)24/h2-12,26H,13-14H2,1H3,(H3,23,24)(H,25,28). The van der Waals surface area contributed by atoms with Gasteiger partial charge in [0.2, 0.25) is 5.91 Å². The second kappa shape index (κ2) is 9.48. The molecule has 0 aliphatic heterocycles. The predicted molar refractivity (Wildman–Crippen MR) is 121 cm³/mol. The minimum absolute atomic E-state index is 0.0163. The van der Waals surface area contributed by atoms with Crippen molar-refractivity contribution in [2.24, 2.45) is 5.73 Å². The van der Waals surface area contributed by atoms with Crippen LogP contribution in [0.2, 0.25) is 0 Å². The zero-order valence-corrected chi connectivity index (χ0v) is 18.1. The summed E-state index contributed by atoms with van der Waals surface area (Å²) in [5, 5.41) is 10.1. The van der Waals surface area contributed by atoms with E-state index in [2.05, 4.69) is 10.1 Å². The number of benzene rings is 2. The number of amidine groups is 1. The van der Waals surface area contributed by atoms with E-state index in [9.17, 15) is 18.0 Å². The number of aromatic nitrogens is 1. The zero-order valence-electron chi connectivity index (χ0n) is 17.3. The fraction of sp³-hybridized carbons (Fsp3) is 0.136. The SMILES string of the molecule is Cc1ccn(NS(=O)(=O)c2ccccc2)c(=O)c1CC(=O)NCc1ccc(C(=N)N)cc1. The molecule has 5 N–H and O–H groups in total. The second-order valence-electron chi connectivity index (χ2n) is 7.12. The number of rotatable bonds is 8. The highest BCUT2D eigenvalue weighted by Crippen LogP contribution is 2.09. The van der Waals surface area contributed by atoms with Crippen molar-refractivity contribution >= 4 is 21.8 Å². The molecule has 3 aromatic rings. The average molecular weight is 454 g/mol. The summed E-state index contributed by atoms with van der Waals surface area (Å²) in [5.41, 5.74) is 6.95. The molecule has 0 saturated heterocycles. The third kappa shape index (κ3) is 5.41. The fourth-order valence-electron chi connectivity index (χ4n) is 2.96. The van der Waals surface area contributed by atoms with Crippen molar-refractivity contribution in [2.45, 2.75) is 24.8 Å². The maximum atomic E-state index is 12.8. The number of hydrogen-bond acceptors (Lipinski definition) is 5. The van der Waals surface area contributed by atoms with Crippen LogP contribution in [0.3, 0.4) is 0 Å². The van der Waals surface area contributed by atoms with Crippen molar-refractivity contribution in [2.75, 3.05) is 4.83 Å². The molecule has 0 atom stereocenters. The monoisotopic (exact) mass is 453 g/mol. The molecule has 0 aliphatic carbocycles. The van der Waals surface area contributed by atoms with Gasteiger partial charge in [0.05, 0.1) is 11.3 Å². The van der Waals surface area contributed by atoms with Crippen LogP contribution >= 0.6 is 0 Å². The molecule has 0 spiro atoms. The number of nitrogen functional groups attached to an aromatic ring is 1. The van der Waals surface area contributed by atoms with Crippen LogP contribution in [0, 0.1) is 12.3 Å². The number of pyridine rings is 1. The summed E-state index contributed by atoms with van der Waals surface area (Å²) < 4.78 is 25.9. The summed E-state index contributed by atoms with van der Waals surface area (Å²) in [7, 11) is -3.96. The Bertz CT molecular complexity index is 1300. The number of aryl methyl sites for hydroxylation is 1. The van der Waals surface area contributed by atoms with Crippen LogP contribution in [0.15, 0.2) is 76.6 Å². The molecule has 0 saturated carbocycles. The number of sulfonamides is 1. The van der Waals surface area contributed by atoms with Crippen molar-refractivity contribution in [1.29, 1.82) is 5.41 Å². The number of carbonyl (C=O) groups excluding carboxylic acids is 1. The number of amides is 1. The van der Waals surface area contributed by atoms with E-state index in [0.29, 0.717) is 11.1 Å². The highest BCUT2D eigenvalue weighted by molar-refractivity contribution is 7.92. The Balaban J connectivity index is 1.72. The van der Waals surface area contributed by atoms with Crippen molar-refractivity contribution < 1.29 is 13.2 Å². The molecule has 1 aromatic heterocycles. The van der Waals surface area contributed by atoms with Crippen molar-refractivity contribution in [3.63, 3.8) is 0 Å². The van der Waals surface area contributed by atoms with Crippen molar-refractivity contribution in [3.8, 4) is 0 Å².